The highest BCUT2D eigenvalue weighted by atomic mass is 32.1. The van der Waals surface area contributed by atoms with Crippen LogP contribution in [0.3, 0.4) is 0 Å². The van der Waals surface area contributed by atoms with Gasteiger partial charge in [0.2, 0.25) is 0 Å². The maximum Gasteiger partial charge on any atom is 0.275 e. The van der Waals surface area contributed by atoms with E-state index in [2.05, 4.69) is 9.88 Å². The van der Waals surface area contributed by atoms with Gasteiger partial charge in [-0.3, -0.25) is 14.3 Å². The van der Waals surface area contributed by atoms with Crippen LogP contribution < -0.4 is 10.3 Å². The van der Waals surface area contributed by atoms with Gasteiger partial charge in [-0.25, -0.2) is 4.98 Å². The molecule has 0 atom stereocenters. The Morgan fingerprint density at radius 1 is 1.06 bits per heavy atom. The van der Waals surface area contributed by atoms with Crippen LogP contribution in [-0.2, 0) is 4.74 Å². The molecule has 1 saturated heterocycles. The van der Waals surface area contributed by atoms with Gasteiger partial charge >= 0.3 is 0 Å². The van der Waals surface area contributed by atoms with Crippen molar-refractivity contribution in [2.75, 3.05) is 39.5 Å². The predicted molar refractivity (Wildman–Crippen MR) is 125 cm³/mol. The number of aromatic hydroxyl groups is 1. The topological polar surface area (TPSA) is 76.8 Å². The van der Waals surface area contributed by atoms with E-state index in [1.165, 1.54) is 11.3 Å². The number of nitrogens with zero attached hydrogens (tertiary/aromatic N) is 3. The SMILES string of the molecule is O=c1c2sc(-c3ccc(O)cc3)cc2ncn1-c1ccc(OCCN2CCOCC2)cc1. The highest BCUT2D eigenvalue weighted by molar-refractivity contribution is 7.22. The summed E-state index contributed by atoms with van der Waals surface area (Å²) in [5.74, 6) is 0.985. The first kappa shape index (κ1) is 20.7. The average Bonchev–Trinajstić information content (AvgIpc) is 3.27. The van der Waals surface area contributed by atoms with E-state index < -0.39 is 0 Å². The Morgan fingerprint density at radius 2 is 1.81 bits per heavy atom. The third-order valence-corrected chi connectivity index (χ3v) is 6.65. The largest absolute Gasteiger partial charge is 0.508 e. The number of phenolic OH excluding ortho intramolecular Hbond substituents is 1. The standard InChI is InChI=1S/C24H23N3O4S/c28-19-5-1-17(2-6-19)22-15-21-23(32-22)24(29)27(16-25-21)18-3-7-20(8-4-18)31-14-11-26-9-12-30-13-10-26/h1-8,15-16,28H,9-14H2. The predicted octanol–water partition coefficient (Wildman–Crippen LogP) is 3.53. The van der Waals surface area contributed by atoms with Crippen LogP contribution in [-0.4, -0.2) is 59.0 Å². The maximum atomic E-state index is 13.1. The number of ether oxygens (including phenoxy) is 2. The number of thiophene rings is 1. The van der Waals surface area contributed by atoms with Gasteiger partial charge in [-0.05, 0) is 60.2 Å². The van der Waals surface area contributed by atoms with Crippen molar-refractivity contribution in [3.8, 4) is 27.6 Å². The molecule has 0 aliphatic carbocycles. The van der Waals surface area contributed by atoms with Crippen LogP contribution in [0.1, 0.15) is 0 Å². The van der Waals surface area contributed by atoms with Crippen molar-refractivity contribution >= 4 is 21.6 Å². The summed E-state index contributed by atoms with van der Waals surface area (Å²) in [6.45, 7) is 4.93. The number of morpholine rings is 1. The smallest absolute Gasteiger partial charge is 0.275 e. The Bertz CT molecular complexity index is 1260. The molecule has 2 aromatic carbocycles. The van der Waals surface area contributed by atoms with E-state index in [0.717, 1.165) is 54.7 Å². The van der Waals surface area contributed by atoms with Crippen LogP contribution in [0.5, 0.6) is 11.5 Å². The number of hydrogen-bond donors (Lipinski definition) is 1. The van der Waals surface area contributed by atoms with Crippen molar-refractivity contribution in [3.05, 3.63) is 71.3 Å². The molecule has 0 bridgehead atoms. The van der Waals surface area contributed by atoms with Crippen LogP contribution in [0.25, 0.3) is 26.3 Å². The number of benzene rings is 2. The van der Waals surface area contributed by atoms with Gasteiger partial charge in [0, 0.05) is 24.5 Å². The van der Waals surface area contributed by atoms with E-state index in [-0.39, 0.29) is 11.3 Å². The van der Waals surface area contributed by atoms with Crippen molar-refractivity contribution in [3.63, 3.8) is 0 Å². The Kier molecular flexibility index (Phi) is 5.89. The molecule has 1 fully saturated rings. The zero-order chi connectivity index (χ0) is 21.9. The maximum absolute atomic E-state index is 13.1. The number of hydrogen-bond acceptors (Lipinski definition) is 7. The van der Waals surface area contributed by atoms with Crippen molar-refractivity contribution in [2.24, 2.45) is 0 Å². The van der Waals surface area contributed by atoms with E-state index in [9.17, 15) is 9.90 Å². The second-order valence-electron chi connectivity index (χ2n) is 7.59. The van der Waals surface area contributed by atoms with Gasteiger partial charge in [-0.15, -0.1) is 11.3 Å². The summed E-state index contributed by atoms with van der Waals surface area (Å²) >= 11 is 1.40. The molecule has 1 aliphatic rings. The molecule has 32 heavy (non-hydrogen) atoms. The summed E-state index contributed by atoms with van der Waals surface area (Å²) in [4.78, 5) is 20.9. The molecule has 1 N–H and O–H groups in total. The van der Waals surface area contributed by atoms with Gasteiger partial charge in [0.25, 0.3) is 5.56 Å². The monoisotopic (exact) mass is 449 g/mol. The molecule has 164 valence electrons. The molecule has 2 aromatic heterocycles. The summed E-state index contributed by atoms with van der Waals surface area (Å²) in [5, 5.41) is 9.50. The number of phenols is 1. The first-order valence-electron chi connectivity index (χ1n) is 10.5. The summed E-state index contributed by atoms with van der Waals surface area (Å²) in [6.07, 6.45) is 1.56. The normalized spacial score (nSPS) is 14.6. The van der Waals surface area contributed by atoms with Crippen molar-refractivity contribution in [1.82, 2.24) is 14.5 Å². The molecule has 0 spiro atoms. The lowest BCUT2D eigenvalue weighted by molar-refractivity contribution is 0.0322. The molecule has 0 radical (unpaired) electrons. The quantitative estimate of drug-likeness (QED) is 0.485. The third kappa shape index (κ3) is 4.38. The number of aromatic nitrogens is 2. The second kappa shape index (κ2) is 9.12. The van der Waals surface area contributed by atoms with Crippen LogP contribution in [0.2, 0.25) is 0 Å². The lowest BCUT2D eigenvalue weighted by Crippen LogP contribution is -2.38. The highest BCUT2D eigenvalue weighted by Crippen LogP contribution is 2.31. The molecule has 8 heteroatoms. The van der Waals surface area contributed by atoms with E-state index in [0.29, 0.717) is 16.8 Å². The van der Waals surface area contributed by atoms with Gasteiger partial charge in [0.15, 0.2) is 0 Å². The molecule has 0 saturated carbocycles. The van der Waals surface area contributed by atoms with Gasteiger partial charge in [0.05, 0.1) is 24.4 Å². The van der Waals surface area contributed by atoms with Crippen LogP contribution in [0.15, 0.2) is 65.7 Å². The van der Waals surface area contributed by atoms with E-state index in [1.807, 2.05) is 42.5 Å². The van der Waals surface area contributed by atoms with Crippen LogP contribution in [0, 0.1) is 0 Å². The Morgan fingerprint density at radius 3 is 2.56 bits per heavy atom. The lowest BCUT2D eigenvalue weighted by atomic mass is 10.2. The summed E-state index contributed by atoms with van der Waals surface area (Å²) in [5.41, 5.74) is 2.24. The number of rotatable bonds is 6. The minimum Gasteiger partial charge on any atom is -0.508 e. The molecule has 5 rings (SSSR count). The zero-order valence-corrected chi connectivity index (χ0v) is 18.3. The number of fused-ring (bicyclic) bond motifs is 1. The first-order valence-corrected chi connectivity index (χ1v) is 11.3. The Balaban J connectivity index is 1.32. The van der Waals surface area contributed by atoms with Crippen molar-refractivity contribution in [2.45, 2.75) is 0 Å². The molecule has 0 amide bonds. The second-order valence-corrected chi connectivity index (χ2v) is 8.64. The fourth-order valence-corrected chi connectivity index (χ4v) is 4.73. The fraction of sp³-hybridized carbons (Fsp3) is 0.250. The van der Waals surface area contributed by atoms with Crippen LogP contribution in [0.4, 0.5) is 0 Å². The van der Waals surface area contributed by atoms with Crippen molar-refractivity contribution in [1.29, 1.82) is 0 Å². The molecule has 4 aromatic rings. The highest BCUT2D eigenvalue weighted by Gasteiger charge is 2.12. The van der Waals surface area contributed by atoms with Gasteiger partial charge < -0.3 is 14.6 Å². The van der Waals surface area contributed by atoms with E-state index >= 15 is 0 Å². The summed E-state index contributed by atoms with van der Waals surface area (Å²) in [7, 11) is 0. The Labute approximate surface area is 189 Å². The van der Waals surface area contributed by atoms with E-state index in [1.54, 1.807) is 23.0 Å². The van der Waals surface area contributed by atoms with Crippen molar-refractivity contribution < 1.29 is 14.6 Å². The molecule has 3 heterocycles. The fourth-order valence-electron chi connectivity index (χ4n) is 3.68. The van der Waals surface area contributed by atoms with Gasteiger partial charge in [0.1, 0.15) is 29.1 Å². The molecular weight excluding hydrogens is 426 g/mol. The first-order chi connectivity index (χ1) is 15.7. The molecule has 7 nitrogen and oxygen atoms in total. The molecular formula is C24H23N3O4S. The molecule has 0 unspecified atom stereocenters. The third-order valence-electron chi connectivity index (χ3n) is 5.48. The summed E-state index contributed by atoms with van der Waals surface area (Å²) < 4.78 is 13.4. The van der Waals surface area contributed by atoms with Crippen LogP contribution >= 0.6 is 11.3 Å². The molecule has 1 aliphatic heterocycles. The lowest BCUT2D eigenvalue weighted by Gasteiger charge is -2.26. The minimum absolute atomic E-state index is 0.106. The average molecular weight is 450 g/mol. The minimum atomic E-state index is -0.106. The van der Waals surface area contributed by atoms with E-state index in [4.69, 9.17) is 9.47 Å². The van der Waals surface area contributed by atoms with Gasteiger partial charge in [-0.2, -0.15) is 0 Å². The summed E-state index contributed by atoms with van der Waals surface area (Å²) in [6, 6.07) is 16.3. The Hall–Kier alpha value is -3.20. The zero-order valence-electron chi connectivity index (χ0n) is 17.4. The van der Waals surface area contributed by atoms with Gasteiger partial charge in [-0.1, -0.05) is 0 Å².